The van der Waals surface area contributed by atoms with Crippen LogP contribution in [0.3, 0.4) is 0 Å². The van der Waals surface area contributed by atoms with Gasteiger partial charge in [-0.2, -0.15) is 5.10 Å². The quantitative estimate of drug-likeness (QED) is 0.501. The molecule has 1 amide bonds. The molecule has 5 rings (SSSR count). The molecule has 0 saturated carbocycles. The molecule has 2 aromatic heterocycles. The van der Waals surface area contributed by atoms with Crippen LogP contribution >= 0.6 is 0 Å². The van der Waals surface area contributed by atoms with Crippen LogP contribution in [-0.4, -0.2) is 59.6 Å². The number of hydrogen-bond acceptors (Lipinski definition) is 7. The second-order valence-corrected chi connectivity index (χ2v) is 8.35. The standard InChI is InChI=1S/C24H27N7O2/c1-16-15-33-11-10-30(16)22-13-19(20(14-25)24(28-22)27-21-7-8-26-29-21)17-4-2-5-18(12-17)31-9-3-6-23(31)32/h2,4-5,7-8,12-14,16,25H,3,6,9-11,15H2,1H3,(H2,26,27,28,29)/t16-/m1/s1. The van der Waals surface area contributed by atoms with Gasteiger partial charge < -0.3 is 25.3 Å². The zero-order chi connectivity index (χ0) is 22.8. The maximum atomic E-state index is 12.3. The van der Waals surface area contributed by atoms with E-state index in [1.807, 2.05) is 41.3 Å². The van der Waals surface area contributed by atoms with Crippen molar-refractivity contribution in [3.8, 4) is 11.1 Å². The van der Waals surface area contributed by atoms with Crippen molar-refractivity contribution in [1.29, 1.82) is 5.41 Å². The maximum absolute atomic E-state index is 12.3. The Morgan fingerprint density at radius 1 is 1.27 bits per heavy atom. The van der Waals surface area contributed by atoms with Crippen LogP contribution in [0.1, 0.15) is 25.3 Å². The van der Waals surface area contributed by atoms with Gasteiger partial charge in [0, 0.05) is 43.0 Å². The molecule has 0 aliphatic carbocycles. The highest BCUT2D eigenvalue weighted by Crippen LogP contribution is 2.35. The fourth-order valence-corrected chi connectivity index (χ4v) is 4.45. The van der Waals surface area contributed by atoms with E-state index >= 15 is 0 Å². The Morgan fingerprint density at radius 3 is 2.91 bits per heavy atom. The first-order chi connectivity index (χ1) is 16.1. The Balaban J connectivity index is 1.63. The molecular weight excluding hydrogens is 418 g/mol. The summed E-state index contributed by atoms with van der Waals surface area (Å²) in [7, 11) is 0. The van der Waals surface area contributed by atoms with Crippen LogP contribution in [0, 0.1) is 5.41 Å². The van der Waals surface area contributed by atoms with Gasteiger partial charge in [-0.25, -0.2) is 4.98 Å². The van der Waals surface area contributed by atoms with Crippen molar-refractivity contribution in [3.63, 3.8) is 0 Å². The lowest BCUT2D eigenvalue weighted by Gasteiger charge is -2.35. The molecule has 3 aromatic rings. The summed E-state index contributed by atoms with van der Waals surface area (Å²) in [5, 5.41) is 18.4. The third kappa shape index (κ3) is 4.19. The number of aromatic nitrogens is 3. The summed E-state index contributed by atoms with van der Waals surface area (Å²) in [6.45, 7) is 4.87. The van der Waals surface area contributed by atoms with Gasteiger partial charge in [0.05, 0.1) is 25.5 Å². The molecule has 1 aromatic carbocycles. The number of carbonyl (C=O) groups excluding carboxylic acids is 1. The molecule has 4 heterocycles. The Labute approximate surface area is 192 Å². The topological polar surface area (TPSA) is 110 Å². The molecule has 170 valence electrons. The molecule has 9 heteroatoms. The zero-order valence-electron chi connectivity index (χ0n) is 18.5. The molecule has 2 fully saturated rings. The van der Waals surface area contributed by atoms with Crippen molar-refractivity contribution in [2.75, 3.05) is 41.4 Å². The first kappa shape index (κ1) is 21.1. The van der Waals surface area contributed by atoms with Crippen molar-refractivity contribution in [2.45, 2.75) is 25.8 Å². The summed E-state index contributed by atoms with van der Waals surface area (Å²) in [6.07, 6.45) is 4.45. The Hall–Kier alpha value is -3.72. The molecule has 0 unspecified atom stereocenters. The van der Waals surface area contributed by atoms with Crippen molar-refractivity contribution in [2.24, 2.45) is 0 Å². The normalized spacial score (nSPS) is 18.6. The number of amides is 1. The van der Waals surface area contributed by atoms with Crippen LogP contribution < -0.4 is 15.1 Å². The summed E-state index contributed by atoms with van der Waals surface area (Å²) < 4.78 is 5.62. The second kappa shape index (κ2) is 9.03. The van der Waals surface area contributed by atoms with E-state index in [1.165, 1.54) is 6.21 Å². The predicted molar refractivity (Wildman–Crippen MR) is 129 cm³/mol. The number of morpholine rings is 1. The third-order valence-corrected chi connectivity index (χ3v) is 6.15. The molecule has 33 heavy (non-hydrogen) atoms. The summed E-state index contributed by atoms with van der Waals surface area (Å²) in [5.41, 5.74) is 3.36. The maximum Gasteiger partial charge on any atom is 0.227 e. The molecule has 2 aliphatic rings. The number of nitrogens with one attached hydrogen (secondary N) is 3. The van der Waals surface area contributed by atoms with E-state index in [0.717, 1.165) is 42.1 Å². The van der Waals surface area contributed by atoms with Crippen molar-refractivity contribution >= 4 is 35.3 Å². The molecule has 0 bridgehead atoms. The number of aromatic amines is 1. The van der Waals surface area contributed by atoms with E-state index in [2.05, 4.69) is 27.3 Å². The van der Waals surface area contributed by atoms with Gasteiger partial charge in [-0.1, -0.05) is 12.1 Å². The minimum atomic E-state index is 0.151. The lowest BCUT2D eigenvalue weighted by atomic mass is 9.99. The van der Waals surface area contributed by atoms with Gasteiger partial charge in [-0.15, -0.1) is 0 Å². The molecule has 2 aliphatic heterocycles. The lowest BCUT2D eigenvalue weighted by molar-refractivity contribution is -0.117. The van der Waals surface area contributed by atoms with Gasteiger partial charge in [-0.3, -0.25) is 9.89 Å². The highest BCUT2D eigenvalue weighted by atomic mass is 16.5. The highest BCUT2D eigenvalue weighted by molar-refractivity contribution is 5.99. The largest absolute Gasteiger partial charge is 0.377 e. The number of nitrogens with zero attached hydrogens (tertiary/aromatic N) is 4. The summed E-state index contributed by atoms with van der Waals surface area (Å²) in [5.74, 6) is 2.23. The Bertz CT molecular complexity index is 1160. The molecule has 2 saturated heterocycles. The molecule has 1 atom stereocenters. The van der Waals surface area contributed by atoms with E-state index in [-0.39, 0.29) is 11.9 Å². The minimum Gasteiger partial charge on any atom is -0.377 e. The summed E-state index contributed by atoms with van der Waals surface area (Å²) in [4.78, 5) is 21.3. The fourth-order valence-electron chi connectivity index (χ4n) is 4.45. The van der Waals surface area contributed by atoms with Crippen molar-refractivity contribution in [1.82, 2.24) is 15.2 Å². The smallest absolute Gasteiger partial charge is 0.227 e. The van der Waals surface area contributed by atoms with Crippen molar-refractivity contribution in [3.05, 3.63) is 48.2 Å². The van der Waals surface area contributed by atoms with E-state index in [9.17, 15) is 4.79 Å². The Kier molecular flexibility index (Phi) is 5.78. The van der Waals surface area contributed by atoms with E-state index in [1.54, 1.807) is 6.20 Å². The van der Waals surface area contributed by atoms with Gasteiger partial charge in [0.1, 0.15) is 17.5 Å². The van der Waals surface area contributed by atoms with Crippen LogP contribution in [0.5, 0.6) is 0 Å². The average Bonchev–Trinajstić information content (AvgIpc) is 3.50. The highest BCUT2D eigenvalue weighted by Gasteiger charge is 2.25. The average molecular weight is 446 g/mol. The van der Waals surface area contributed by atoms with Crippen LogP contribution in [0.2, 0.25) is 0 Å². The van der Waals surface area contributed by atoms with Crippen LogP contribution in [0.25, 0.3) is 11.1 Å². The number of carbonyl (C=O) groups is 1. The zero-order valence-corrected chi connectivity index (χ0v) is 18.5. The number of ether oxygens (including phenoxy) is 1. The summed E-state index contributed by atoms with van der Waals surface area (Å²) >= 11 is 0. The van der Waals surface area contributed by atoms with E-state index < -0.39 is 0 Å². The van der Waals surface area contributed by atoms with Crippen LogP contribution in [-0.2, 0) is 9.53 Å². The molecule has 0 spiro atoms. The SMILES string of the molecule is C[C@@H]1COCCN1c1cc(-c2cccc(N3CCCC3=O)c2)c(C=N)c(Nc2ccn[nH]2)n1. The van der Waals surface area contributed by atoms with Gasteiger partial charge in [-0.05, 0) is 42.7 Å². The minimum absolute atomic E-state index is 0.151. The number of H-pyrrole nitrogens is 1. The van der Waals surface area contributed by atoms with Gasteiger partial charge in [0.15, 0.2) is 0 Å². The van der Waals surface area contributed by atoms with Crippen LogP contribution in [0.15, 0.2) is 42.6 Å². The monoisotopic (exact) mass is 445 g/mol. The molecule has 3 N–H and O–H groups in total. The summed E-state index contributed by atoms with van der Waals surface area (Å²) in [6, 6.07) is 12.0. The lowest BCUT2D eigenvalue weighted by Crippen LogP contribution is -2.44. The second-order valence-electron chi connectivity index (χ2n) is 8.35. The molecule has 9 nitrogen and oxygen atoms in total. The predicted octanol–water partition coefficient (Wildman–Crippen LogP) is 3.56. The van der Waals surface area contributed by atoms with Gasteiger partial charge in [0.2, 0.25) is 5.91 Å². The number of hydrogen-bond donors (Lipinski definition) is 3. The van der Waals surface area contributed by atoms with Crippen LogP contribution in [0.4, 0.5) is 23.1 Å². The number of anilines is 4. The van der Waals surface area contributed by atoms with Gasteiger partial charge >= 0.3 is 0 Å². The first-order valence-electron chi connectivity index (χ1n) is 11.2. The first-order valence-corrected chi connectivity index (χ1v) is 11.2. The van der Waals surface area contributed by atoms with E-state index in [0.29, 0.717) is 36.8 Å². The number of benzene rings is 1. The van der Waals surface area contributed by atoms with Crippen molar-refractivity contribution < 1.29 is 9.53 Å². The molecular formula is C24H27N7O2. The van der Waals surface area contributed by atoms with E-state index in [4.69, 9.17) is 15.1 Å². The van der Waals surface area contributed by atoms with Gasteiger partial charge in [0.25, 0.3) is 0 Å². The third-order valence-electron chi connectivity index (χ3n) is 6.15. The Morgan fingerprint density at radius 2 is 2.18 bits per heavy atom. The number of pyridine rings is 1. The molecule has 0 radical (unpaired) electrons. The number of rotatable bonds is 6. The fraction of sp³-hybridized carbons (Fsp3) is 0.333.